The molecule has 2 aromatic carbocycles. The van der Waals surface area contributed by atoms with Crippen molar-refractivity contribution in [3.8, 4) is 11.1 Å². The van der Waals surface area contributed by atoms with E-state index in [9.17, 15) is 19.4 Å². The van der Waals surface area contributed by atoms with Crippen LogP contribution in [0.5, 0.6) is 0 Å². The number of aromatic nitrogens is 1. The first-order valence-corrected chi connectivity index (χ1v) is 10.4. The molecule has 0 bridgehead atoms. The van der Waals surface area contributed by atoms with E-state index in [1.54, 1.807) is 24.3 Å². The third-order valence-electron chi connectivity index (χ3n) is 5.52. The number of aliphatic hydroxyl groups excluding tert-OH is 2. The van der Waals surface area contributed by atoms with Gasteiger partial charge in [0.15, 0.2) is 0 Å². The van der Waals surface area contributed by atoms with Gasteiger partial charge in [-0.2, -0.15) is 0 Å². The van der Waals surface area contributed by atoms with Gasteiger partial charge < -0.3 is 19.9 Å². The molecule has 0 aliphatic rings. The molecule has 1 heterocycles. The highest BCUT2D eigenvalue weighted by Crippen LogP contribution is 2.38. The van der Waals surface area contributed by atoms with E-state index < -0.39 is 24.1 Å². The van der Waals surface area contributed by atoms with Crippen LogP contribution >= 0.6 is 0 Å². The Morgan fingerprint density at radius 3 is 2.32 bits per heavy atom. The number of aliphatic carboxylic acids is 1. The summed E-state index contributed by atoms with van der Waals surface area (Å²) in [4.78, 5) is 11.1. The molecule has 3 rings (SSSR count). The Hall–Kier alpha value is -2.96. The predicted molar refractivity (Wildman–Crippen MR) is 120 cm³/mol. The average molecular weight is 426 g/mol. The van der Waals surface area contributed by atoms with Crippen LogP contribution in [-0.2, 0) is 4.79 Å². The number of hydrogen-bond donors (Lipinski definition) is 3. The number of carboxylic acids is 1. The topological polar surface area (TPSA) is 82.7 Å². The summed E-state index contributed by atoms with van der Waals surface area (Å²) in [5.74, 6) is -2.40. The third kappa shape index (κ3) is 4.86. The Kier molecular flexibility index (Phi) is 6.93. The number of aliphatic hydroxyl groups is 2. The maximum atomic E-state index is 13.5. The molecule has 164 valence electrons. The number of halogens is 1. The third-order valence-corrected chi connectivity index (χ3v) is 5.52. The maximum absolute atomic E-state index is 13.5. The van der Waals surface area contributed by atoms with Crippen LogP contribution < -0.4 is 0 Å². The smallest absolute Gasteiger partial charge is 0.308 e. The lowest BCUT2D eigenvalue weighted by Crippen LogP contribution is -2.28. The van der Waals surface area contributed by atoms with Crippen molar-refractivity contribution in [1.82, 2.24) is 4.57 Å². The van der Waals surface area contributed by atoms with E-state index in [1.165, 1.54) is 19.1 Å². The molecule has 0 aliphatic heterocycles. The van der Waals surface area contributed by atoms with Crippen LogP contribution in [0.4, 0.5) is 4.39 Å². The van der Waals surface area contributed by atoms with E-state index >= 15 is 0 Å². The van der Waals surface area contributed by atoms with Crippen molar-refractivity contribution in [2.75, 3.05) is 0 Å². The highest BCUT2D eigenvalue weighted by atomic mass is 19.1. The van der Waals surface area contributed by atoms with Gasteiger partial charge in [-0.15, -0.1) is 0 Å². The van der Waals surface area contributed by atoms with Crippen molar-refractivity contribution >= 4 is 22.9 Å². The van der Waals surface area contributed by atoms with E-state index in [1.807, 2.05) is 24.3 Å². The molecule has 0 saturated carbocycles. The summed E-state index contributed by atoms with van der Waals surface area (Å²) in [5, 5.41) is 30.5. The summed E-state index contributed by atoms with van der Waals surface area (Å²) in [6.45, 7) is 5.53. The van der Waals surface area contributed by atoms with E-state index in [2.05, 4.69) is 18.4 Å². The number of hydrogen-bond acceptors (Lipinski definition) is 3. The van der Waals surface area contributed by atoms with Crippen molar-refractivity contribution < 1.29 is 24.5 Å². The van der Waals surface area contributed by atoms with Crippen molar-refractivity contribution in [1.29, 1.82) is 0 Å². The minimum atomic E-state index is -1.16. The molecule has 1 aromatic heterocycles. The molecule has 0 spiro atoms. The van der Waals surface area contributed by atoms with Crippen molar-refractivity contribution in [3.63, 3.8) is 0 Å². The van der Waals surface area contributed by atoms with Crippen LogP contribution in [0.15, 0.2) is 54.6 Å². The molecule has 31 heavy (non-hydrogen) atoms. The molecule has 6 heteroatoms. The van der Waals surface area contributed by atoms with Crippen LogP contribution in [0.3, 0.4) is 0 Å². The molecule has 3 N–H and O–H groups in total. The van der Waals surface area contributed by atoms with Crippen molar-refractivity contribution in [2.45, 2.75) is 45.4 Å². The Bertz CT molecular complexity index is 1080. The van der Waals surface area contributed by atoms with E-state index in [4.69, 9.17) is 5.11 Å². The van der Waals surface area contributed by atoms with Gasteiger partial charge in [0.1, 0.15) is 5.82 Å². The van der Waals surface area contributed by atoms with Crippen molar-refractivity contribution in [3.05, 3.63) is 66.1 Å². The highest BCUT2D eigenvalue weighted by Gasteiger charge is 2.23. The van der Waals surface area contributed by atoms with Gasteiger partial charge in [-0.05, 0) is 50.6 Å². The second-order valence-electron chi connectivity index (χ2n) is 8.10. The second kappa shape index (κ2) is 9.45. The second-order valence-corrected chi connectivity index (χ2v) is 8.10. The fourth-order valence-electron chi connectivity index (χ4n) is 3.82. The lowest BCUT2D eigenvalue weighted by atomic mass is 9.98. The Morgan fingerprint density at radius 2 is 1.71 bits per heavy atom. The normalized spacial score (nSPS) is 14.9. The zero-order valence-corrected chi connectivity index (χ0v) is 17.9. The molecule has 0 aliphatic carbocycles. The minimum Gasteiger partial charge on any atom is -0.481 e. The van der Waals surface area contributed by atoms with Gasteiger partial charge in [0.2, 0.25) is 0 Å². The maximum Gasteiger partial charge on any atom is 0.308 e. The van der Waals surface area contributed by atoms with Crippen molar-refractivity contribution in [2.24, 2.45) is 5.92 Å². The molecule has 3 atom stereocenters. The van der Waals surface area contributed by atoms with Gasteiger partial charge in [-0.25, -0.2) is 4.39 Å². The van der Waals surface area contributed by atoms with Gasteiger partial charge >= 0.3 is 5.97 Å². The first-order chi connectivity index (χ1) is 14.7. The summed E-state index contributed by atoms with van der Waals surface area (Å²) in [5.41, 5.74) is 3.64. The Morgan fingerprint density at radius 1 is 1.06 bits per heavy atom. The Labute approximate surface area is 181 Å². The fourth-order valence-corrected chi connectivity index (χ4v) is 3.82. The van der Waals surface area contributed by atoms with Crippen LogP contribution in [0.25, 0.3) is 28.1 Å². The zero-order valence-electron chi connectivity index (χ0n) is 17.9. The zero-order chi connectivity index (χ0) is 22.7. The van der Waals surface area contributed by atoms with E-state index in [0.717, 1.165) is 27.7 Å². The van der Waals surface area contributed by atoms with Crippen LogP contribution in [0.1, 0.15) is 38.9 Å². The molecule has 0 saturated heterocycles. The van der Waals surface area contributed by atoms with Gasteiger partial charge in [-0.3, -0.25) is 4.79 Å². The molecule has 5 nitrogen and oxygen atoms in total. The average Bonchev–Trinajstić information content (AvgIpc) is 3.06. The van der Waals surface area contributed by atoms with Crippen LogP contribution in [0, 0.1) is 11.7 Å². The summed E-state index contributed by atoms with van der Waals surface area (Å²) in [6, 6.07) is 14.4. The van der Waals surface area contributed by atoms with E-state index in [0.29, 0.717) is 0 Å². The molecule has 0 radical (unpaired) electrons. The summed E-state index contributed by atoms with van der Waals surface area (Å²) in [6.07, 6.45) is 1.10. The molecular formula is C25H28FNO4. The van der Waals surface area contributed by atoms with Crippen LogP contribution in [0.2, 0.25) is 0 Å². The summed E-state index contributed by atoms with van der Waals surface area (Å²) < 4.78 is 15.7. The number of nitrogens with zero attached hydrogens (tertiary/aromatic N) is 1. The SMILES string of the molecule is CC(C(=O)O)[C@H](O)C[C@H](O)/C=C/c1c(-c2ccc(F)cc2)c2ccccc2n1C(C)C. The number of benzene rings is 2. The van der Waals surface area contributed by atoms with Gasteiger partial charge in [-0.1, -0.05) is 36.4 Å². The molecule has 1 unspecified atom stereocenters. The Balaban J connectivity index is 2.07. The predicted octanol–water partition coefficient (Wildman–Crippen LogP) is 4.87. The largest absolute Gasteiger partial charge is 0.481 e. The summed E-state index contributed by atoms with van der Waals surface area (Å²) in [7, 11) is 0. The lowest BCUT2D eigenvalue weighted by Gasteiger charge is -2.17. The molecule has 0 amide bonds. The summed E-state index contributed by atoms with van der Waals surface area (Å²) >= 11 is 0. The minimum absolute atomic E-state index is 0.0856. The highest BCUT2D eigenvalue weighted by molar-refractivity contribution is 6.01. The van der Waals surface area contributed by atoms with Gasteiger partial charge in [0, 0.05) is 34.6 Å². The number of rotatable bonds is 8. The van der Waals surface area contributed by atoms with Gasteiger partial charge in [0.25, 0.3) is 0 Å². The van der Waals surface area contributed by atoms with Gasteiger partial charge in [0.05, 0.1) is 18.1 Å². The molecule has 3 aromatic rings. The molecular weight excluding hydrogens is 397 g/mol. The molecule has 0 fully saturated rings. The number of para-hydroxylation sites is 1. The lowest BCUT2D eigenvalue weighted by molar-refractivity contribution is -0.145. The van der Waals surface area contributed by atoms with E-state index in [-0.39, 0.29) is 18.3 Å². The fraction of sp³-hybridized carbons (Fsp3) is 0.320. The number of fused-ring (bicyclic) bond motifs is 1. The first-order valence-electron chi connectivity index (χ1n) is 10.4. The first kappa shape index (κ1) is 22.7. The van der Waals surface area contributed by atoms with Crippen LogP contribution in [-0.4, -0.2) is 38.1 Å². The number of carbonyl (C=O) groups is 1. The quantitative estimate of drug-likeness (QED) is 0.481. The number of carboxylic acid groups (broad SMARTS) is 1. The standard InChI is InChI=1S/C25H28FNO4/c1-15(2)27-21-7-5-4-6-20(21)24(17-8-10-18(26)11-9-17)22(27)13-12-19(28)14-23(29)16(3)25(30)31/h4-13,15-16,19,23,28-29H,14H2,1-3H3,(H,30,31)/b13-12+/t16?,19-,23-/m1/s1. The monoisotopic (exact) mass is 425 g/mol.